The fraction of sp³-hybridized carbons (Fsp3) is 0.316. The van der Waals surface area contributed by atoms with Crippen molar-refractivity contribution < 1.29 is 22.3 Å². The molecule has 0 radical (unpaired) electrons. The highest BCUT2D eigenvalue weighted by atomic mass is 32.2. The Balaban J connectivity index is 1.85. The first kappa shape index (κ1) is 18.5. The predicted molar refractivity (Wildman–Crippen MR) is 94.8 cm³/mol. The second kappa shape index (κ2) is 7.97. The summed E-state index contributed by atoms with van der Waals surface area (Å²) in [7, 11) is -3.81. The van der Waals surface area contributed by atoms with Crippen LogP contribution in [0.4, 0.5) is 4.39 Å². The fourth-order valence-corrected chi connectivity index (χ4v) is 4.62. The summed E-state index contributed by atoms with van der Waals surface area (Å²) >= 11 is 0. The number of carbonyl (C=O) groups is 1. The van der Waals surface area contributed by atoms with E-state index in [1.807, 2.05) is 0 Å². The minimum absolute atomic E-state index is 0.0131. The molecule has 7 heteroatoms. The van der Waals surface area contributed by atoms with Crippen molar-refractivity contribution in [1.29, 1.82) is 0 Å². The summed E-state index contributed by atoms with van der Waals surface area (Å²) < 4.78 is 44.6. The van der Waals surface area contributed by atoms with Crippen LogP contribution in [0.1, 0.15) is 23.7 Å². The maximum Gasteiger partial charge on any atom is 0.249 e. The van der Waals surface area contributed by atoms with Crippen molar-refractivity contribution in [3.8, 4) is 0 Å². The van der Waals surface area contributed by atoms with Gasteiger partial charge in [-0.05, 0) is 42.7 Å². The van der Waals surface area contributed by atoms with Gasteiger partial charge < -0.3 is 10.1 Å². The molecule has 1 amide bonds. The Labute approximate surface area is 152 Å². The molecular formula is C19H20FNO4S. The molecule has 1 saturated heterocycles. The van der Waals surface area contributed by atoms with Crippen LogP contribution in [0.5, 0.6) is 0 Å². The van der Waals surface area contributed by atoms with Crippen LogP contribution >= 0.6 is 0 Å². The van der Waals surface area contributed by atoms with Crippen molar-refractivity contribution in [3.63, 3.8) is 0 Å². The normalized spacial score (nSPS) is 18.4. The van der Waals surface area contributed by atoms with Gasteiger partial charge in [-0.25, -0.2) is 12.8 Å². The van der Waals surface area contributed by atoms with Crippen LogP contribution in [0.25, 0.3) is 0 Å². The van der Waals surface area contributed by atoms with Crippen molar-refractivity contribution >= 4 is 15.7 Å². The Bertz CT molecular complexity index is 847. The first-order valence-corrected chi connectivity index (χ1v) is 9.97. The van der Waals surface area contributed by atoms with E-state index in [1.165, 1.54) is 12.1 Å². The number of carbonyl (C=O) groups excluding carboxylic acids is 1. The van der Waals surface area contributed by atoms with Crippen molar-refractivity contribution in [3.05, 3.63) is 66.0 Å². The number of rotatable bonds is 6. The highest BCUT2D eigenvalue weighted by molar-refractivity contribution is 7.91. The number of benzene rings is 2. The fourth-order valence-electron chi connectivity index (χ4n) is 2.95. The average molecular weight is 377 g/mol. The van der Waals surface area contributed by atoms with E-state index in [9.17, 15) is 17.6 Å². The number of hydrogen-bond donors (Lipinski definition) is 1. The molecule has 0 spiro atoms. The van der Waals surface area contributed by atoms with Gasteiger partial charge in [-0.1, -0.05) is 30.3 Å². The van der Waals surface area contributed by atoms with Gasteiger partial charge in [-0.3, -0.25) is 4.79 Å². The molecule has 2 aromatic carbocycles. The summed E-state index contributed by atoms with van der Waals surface area (Å²) in [5, 5.41) is 1.72. The lowest BCUT2D eigenvalue weighted by molar-refractivity contribution is -0.130. The zero-order valence-electron chi connectivity index (χ0n) is 14.1. The maximum absolute atomic E-state index is 13.2. The van der Waals surface area contributed by atoms with E-state index >= 15 is 0 Å². The van der Waals surface area contributed by atoms with Crippen molar-refractivity contribution in [1.82, 2.24) is 5.32 Å². The predicted octanol–water partition coefficient (Wildman–Crippen LogP) is 2.64. The van der Waals surface area contributed by atoms with Gasteiger partial charge in [0.05, 0.1) is 4.90 Å². The second-order valence-electron chi connectivity index (χ2n) is 6.15. The van der Waals surface area contributed by atoms with Crippen molar-refractivity contribution in [2.24, 2.45) is 0 Å². The topological polar surface area (TPSA) is 72.5 Å². The third-order valence-corrected chi connectivity index (χ3v) is 6.49. The molecule has 1 N–H and O–H groups in total. The van der Waals surface area contributed by atoms with Gasteiger partial charge in [0, 0.05) is 13.2 Å². The molecule has 0 aromatic heterocycles. The minimum Gasteiger partial charge on any atom is -0.368 e. The van der Waals surface area contributed by atoms with Gasteiger partial charge in [0.15, 0.2) is 9.84 Å². The monoisotopic (exact) mass is 377 g/mol. The molecule has 0 aliphatic carbocycles. The van der Waals surface area contributed by atoms with E-state index in [2.05, 4.69) is 5.32 Å². The quantitative estimate of drug-likeness (QED) is 0.786. The summed E-state index contributed by atoms with van der Waals surface area (Å²) in [5.74, 6) is -0.815. The summed E-state index contributed by atoms with van der Waals surface area (Å²) in [5.41, 5.74) is 0.560. The molecule has 2 unspecified atom stereocenters. The first-order valence-electron chi connectivity index (χ1n) is 8.42. The Morgan fingerprint density at radius 3 is 2.46 bits per heavy atom. The van der Waals surface area contributed by atoms with E-state index in [-0.39, 0.29) is 17.3 Å². The highest BCUT2D eigenvalue weighted by Crippen LogP contribution is 2.28. The molecule has 138 valence electrons. The lowest BCUT2D eigenvalue weighted by Gasteiger charge is -2.20. The first-order chi connectivity index (χ1) is 12.5. The lowest BCUT2D eigenvalue weighted by Crippen LogP contribution is -2.38. The van der Waals surface area contributed by atoms with E-state index in [4.69, 9.17) is 4.74 Å². The zero-order valence-corrected chi connectivity index (χ0v) is 14.9. The van der Waals surface area contributed by atoms with Crippen molar-refractivity contribution in [2.45, 2.75) is 29.1 Å². The van der Waals surface area contributed by atoms with E-state index in [1.54, 1.807) is 30.3 Å². The van der Waals surface area contributed by atoms with Crippen LogP contribution in [0.3, 0.4) is 0 Å². The number of hydrogen-bond acceptors (Lipinski definition) is 4. The van der Waals surface area contributed by atoms with Gasteiger partial charge in [0.25, 0.3) is 0 Å². The number of sulfone groups is 1. The number of ether oxygens (including phenoxy) is 1. The Morgan fingerprint density at radius 1 is 1.15 bits per heavy atom. The third-order valence-electron chi connectivity index (χ3n) is 4.37. The molecule has 1 heterocycles. The van der Waals surface area contributed by atoms with E-state index in [0.29, 0.717) is 18.6 Å². The average Bonchev–Trinajstić information content (AvgIpc) is 3.17. The molecule has 1 fully saturated rings. The highest BCUT2D eigenvalue weighted by Gasteiger charge is 2.31. The molecule has 5 nitrogen and oxygen atoms in total. The van der Waals surface area contributed by atoms with Crippen LogP contribution in [-0.2, 0) is 19.4 Å². The molecular weight excluding hydrogens is 357 g/mol. The largest absolute Gasteiger partial charge is 0.368 e. The van der Waals surface area contributed by atoms with Gasteiger partial charge in [-0.15, -0.1) is 0 Å². The molecule has 3 rings (SSSR count). The second-order valence-corrected chi connectivity index (χ2v) is 8.28. The summed E-state index contributed by atoms with van der Waals surface area (Å²) in [6.07, 6.45) is 0.917. The van der Waals surface area contributed by atoms with Gasteiger partial charge in [-0.2, -0.15) is 0 Å². The number of halogens is 1. The van der Waals surface area contributed by atoms with Crippen molar-refractivity contribution in [2.75, 3.05) is 13.2 Å². The Morgan fingerprint density at radius 2 is 1.85 bits per heavy atom. The third kappa shape index (κ3) is 4.11. The SMILES string of the molecule is O=C(NCC(c1ccccc1)S(=O)(=O)c1ccc(F)cc1)C1CCCO1. The molecule has 1 aliphatic heterocycles. The number of nitrogens with one attached hydrogen (secondary N) is 1. The van der Waals surface area contributed by atoms with Gasteiger partial charge in [0.2, 0.25) is 5.91 Å². The minimum atomic E-state index is -3.81. The van der Waals surface area contributed by atoms with Crippen LogP contribution in [-0.4, -0.2) is 33.6 Å². The molecule has 2 atom stereocenters. The van der Waals surface area contributed by atoms with Gasteiger partial charge >= 0.3 is 0 Å². The summed E-state index contributed by atoms with van der Waals surface area (Å²) in [4.78, 5) is 12.2. The zero-order chi connectivity index (χ0) is 18.6. The Hall–Kier alpha value is -2.25. The number of amides is 1. The smallest absolute Gasteiger partial charge is 0.249 e. The van der Waals surface area contributed by atoms with Crippen LogP contribution in [0.15, 0.2) is 59.5 Å². The van der Waals surface area contributed by atoms with E-state index < -0.39 is 27.0 Å². The van der Waals surface area contributed by atoms with E-state index in [0.717, 1.165) is 18.6 Å². The van der Waals surface area contributed by atoms with Crippen LogP contribution in [0, 0.1) is 5.82 Å². The lowest BCUT2D eigenvalue weighted by atomic mass is 10.1. The molecule has 0 saturated carbocycles. The summed E-state index contributed by atoms with van der Waals surface area (Å²) in [6.45, 7) is 0.455. The Kier molecular flexibility index (Phi) is 5.68. The van der Waals surface area contributed by atoms with Crippen LogP contribution in [0.2, 0.25) is 0 Å². The van der Waals surface area contributed by atoms with Crippen LogP contribution < -0.4 is 5.32 Å². The van der Waals surface area contributed by atoms with Gasteiger partial charge in [0.1, 0.15) is 17.2 Å². The standard InChI is InChI=1S/C19H20FNO4S/c20-15-8-10-16(11-9-15)26(23,24)18(14-5-2-1-3-6-14)13-21-19(22)17-7-4-12-25-17/h1-3,5-6,8-11,17-18H,4,7,12-13H2,(H,21,22). The molecule has 0 bridgehead atoms. The molecule has 2 aromatic rings. The summed E-state index contributed by atoms with van der Waals surface area (Å²) in [6, 6.07) is 13.4. The molecule has 26 heavy (non-hydrogen) atoms. The maximum atomic E-state index is 13.2. The molecule has 1 aliphatic rings.